The molecule has 2 amide bonds. The Morgan fingerprint density at radius 2 is 1.75 bits per heavy atom. The molecule has 1 N–H and O–H groups in total. The first-order valence-electron chi connectivity index (χ1n) is 8.91. The number of benzene rings is 2. The Morgan fingerprint density at radius 3 is 2.46 bits per heavy atom. The molecule has 1 heterocycles. The molecule has 7 heteroatoms. The van der Waals surface area contributed by atoms with Crippen molar-refractivity contribution in [1.82, 2.24) is 14.5 Å². The molecule has 0 aliphatic rings. The molecule has 28 heavy (non-hydrogen) atoms. The van der Waals surface area contributed by atoms with Crippen LogP contribution in [0.3, 0.4) is 0 Å². The summed E-state index contributed by atoms with van der Waals surface area (Å²) in [5.74, 6) is -0.645. The van der Waals surface area contributed by atoms with Crippen LogP contribution in [0.4, 0.5) is 5.69 Å². The van der Waals surface area contributed by atoms with Crippen molar-refractivity contribution >= 4 is 28.4 Å². The number of aryl methyl sites for hydroxylation is 2. The number of rotatable bonds is 5. The van der Waals surface area contributed by atoms with Gasteiger partial charge in [0.15, 0.2) is 0 Å². The molecule has 0 aliphatic carbocycles. The lowest BCUT2D eigenvalue weighted by molar-refractivity contribution is -0.133. The second-order valence-electron chi connectivity index (χ2n) is 6.76. The van der Waals surface area contributed by atoms with E-state index in [0.717, 1.165) is 16.8 Å². The lowest BCUT2D eigenvalue weighted by Crippen LogP contribution is -2.38. The molecule has 0 bridgehead atoms. The molecule has 1 aromatic heterocycles. The largest absolute Gasteiger partial charge is 0.335 e. The molecule has 0 atom stereocenters. The van der Waals surface area contributed by atoms with Gasteiger partial charge in [-0.25, -0.2) is 4.98 Å². The SMILES string of the molecule is Cc1cccc(C)c1NC(=O)CN(C)C(=O)Cn1cnc2ccccc2c1=O. The Bertz CT molecular complexity index is 1080. The van der Waals surface area contributed by atoms with Crippen LogP contribution in [0.5, 0.6) is 0 Å². The van der Waals surface area contributed by atoms with Crippen molar-refractivity contribution in [2.75, 3.05) is 18.9 Å². The number of hydrogen-bond donors (Lipinski definition) is 1. The molecular weight excluding hydrogens is 356 g/mol. The van der Waals surface area contributed by atoms with Crippen molar-refractivity contribution < 1.29 is 9.59 Å². The third kappa shape index (κ3) is 4.09. The number of anilines is 1. The van der Waals surface area contributed by atoms with Crippen molar-refractivity contribution in [2.45, 2.75) is 20.4 Å². The first kappa shape index (κ1) is 19.3. The first-order chi connectivity index (χ1) is 13.4. The zero-order chi connectivity index (χ0) is 20.3. The van der Waals surface area contributed by atoms with E-state index in [1.165, 1.54) is 22.8 Å². The number of nitrogens with one attached hydrogen (secondary N) is 1. The maximum Gasteiger partial charge on any atom is 0.261 e. The molecule has 2 aromatic carbocycles. The number of carbonyl (C=O) groups is 2. The smallest absolute Gasteiger partial charge is 0.261 e. The standard InChI is InChI=1S/C21H22N4O3/c1-14-7-6-8-15(2)20(14)23-18(26)11-24(3)19(27)12-25-13-22-17-10-5-4-9-16(17)21(25)28/h4-10,13H,11-12H2,1-3H3,(H,23,26). The lowest BCUT2D eigenvalue weighted by atomic mass is 10.1. The number of amides is 2. The molecule has 0 aliphatic heterocycles. The van der Waals surface area contributed by atoms with Gasteiger partial charge >= 0.3 is 0 Å². The number of fused-ring (bicyclic) bond motifs is 1. The highest BCUT2D eigenvalue weighted by Crippen LogP contribution is 2.19. The summed E-state index contributed by atoms with van der Waals surface area (Å²) in [6.45, 7) is 3.54. The zero-order valence-corrected chi connectivity index (χ0v) is 16.1. The number of hydrogen-bond acceptors (Lipinski definition) is 4. The summed E-state index contributed by atoms with van der Waals surface area (Å²) in [5.41, 5.74) is 2.96. The van der Waals surface area contributed by atoms with Gasteiger partial charge in [-0.05, 0) is 37.1 Å². The van der Waals surface area contributed by atoms with Gasteiger partial charge in [0.05, 0.1) is 23.8 Å². The molecule has 0 fully saturated rings. The normalized spacial score (nSPS) is 10.7. The van der Waals surface area contributed by atoms with Crippen LogP contribution in [-0.4, -0.2) is 39.9 Å². The van der Waals surface area contributed by atoms with E-state index in [1.54, 1.807) is 24.3 Å². The Kier molecular flexibility index (Phi) is 5.54. The Labute approximate surface area is 162 Å². The highest BCUT2D eigenvalue weighted by Gasteiger charge is 2.16. The molecule has 3 aromatic rings. The van der Waals surface area contributed by atoms with Crippen molar-refractivity contribution in [3.8, 4) is 0 Å². The van der Waals surface area contributed by atoms with Crippen LogP contribution >= 0.6 is 0 Å². The highest BCUT2D eigenvalue weighted by molar-refractivity contribution is 5.95. The average molecular weight is 378 g/mol. The molecule has 0 unspecified atom stereocenters. The maximum absolute atomic E-state index is 12.5. The summed E-state index contributed by atoms with van der Waals surface area (Å²) in [6.07, 6.45) is 1.35. The van der Waals surface area contributed by atoms with E-state index in [2.05, 4.69) is 10.3 Å². The molecule has 0 saturated heterocycles. The minimum Gasteiger partial charge on any atom is -0.335 e. The van der Waals surface area contributed by atoms with E-state index in [1.807, 2.05) is 32.0 Å². The topological polar surface area (TPSA) is 84.3 Å². The van der Waals surface area contributed by atoms with Crippen LogP contribution in [0.25, 0.3) is 10.9 Å². The van der Waals surface area contributed by atoms with Crippen LogP contribution in [0.1, 0.15) is 11.1 Å². The minimum atomic E-state index is -0.351. The maximum atomic E-state index is 12.5. The quantitative estimate of drug-likeness (QED) is 0.737. The fourth-order valence-corrected chi connectivity index (χ4v) is 2.98. The number of carbonyl (C=O) groups excluding carboxylic acids is 2. The summed E-state index contributed by atoms with van der Waals surface area (Å²) < 4.78 is 1.25. The van der Waals surface area contributed by atoms with Crippen LogP contribution < -0.4 is 10.9 Å². The van der Waals surface area contributed by atoms with Crippen molar-refractivity contribution in [2.24, 2.45) is 0 Å². The monoisotopic (exact) mass is 378 g/mol. The van der Waals surface area contributed by atoms with E-state index in [-0.39, 0.29) is 30.5 Å². The number of nitrogens with zero attached hydrogens (tertiary/aromatic N) is 3. The fourth-order valence-electron chi connectivity index (χ4n) is 2.98. The molecule has 0 spiro atoms. The van der Waals surface area contributed by atoms with Gasteiger partial charge in [0.1, 0.15) is 6.54 Å². The summed E-state index contributed by atoms with van der Waals surface area (Å²) in [7, 11) is 1.53. The molecule has 0 saturated carbocycles. The van der Waals surface area contributed by atoms with E-state index in [0.29, 0.717) is 10.9 Å². The van der Waals surface area contributed by atoms with Crippen LogP contribution in [0, 0.1) is 13.8 Å². The zero-order valence-electron chi connectivity index (χ0n) is 16.1. The van der Waals surface area contributed by atoms with Gasteiger partial charge in [-0.1, -0.05) is 30.3 Å². The summed E-state index contributed by atoms with van der Waals surface area (Å²) in [5, 5.41) is 3.30. The Morgan fingerprint density at radius 1 is 1.07 bits per heavy atom. The van der Waals surface area contributed by atoms with Gasteiger partial charge in [-0.3, -0.25) is 19.0 Å². The fraction of sp³-hybridized carbons (Fsp3) is 0.238. The van der Waals surface area contributed by atoms with Gasteiger partial charge in [0.25, 0.3) is 5.56 Å². The summed E-state index contributed by atoms with van der Waals surface area (Å²) in [4.78, 5) is 42.8. The first-order valence-corrected chi connectivity index (χ1v) is 8.91. The third-order valence-electron chi connectivity index (χ3n) is 4.59. The van der Waals surface area contributed by atoms with Gasteiger partial charge in [-0.15, -0.1) is 0 Å². The molecule has 7 nitrogen and oxygen atoms in total. The van der Waals surface area contributed by atoms with Crippen LogP contribution in [0.15, 0.2) is 53.6 Å². The van der Waals surface area contributed by atoms with Gasteiger partial charge in [-0.2, -0.15) is 0 Å². The summed E-state index contributed by atoms with van der Waals surface area (Å²) in [6, 6.07) is 12.7. The second-order valence-corrected chi connectivity index (χ2v) is 6.76. The highest BCUT2D eigenvalue weighted by atomic mass is 16.2. The van der Waals surface area contributed by atoms with Crippen LogP contribution in [0.2, 0.25) is 0 Å². The molecule has 144 valence electrons. The van der Waals surface area contributed by atoms with E-state index in [9.17, 15) is 14.4 Å². The number of para-hydroxylation sites is 2. The predicted molar refractivity (Wildman–Crippen MR) is 108 cm³/mol. The van der Waals surface area contributed by atoms with E-state index < -0.39 is 0 Å². The molecular formula is C21H22N4O3. The van der Waals surface area contributed by atoms with E-state index in [4.69, 9.17) is 0 Å². The van der Waals surface area contributed by atoms with E-state index >= 15 is 0 Å². The predicted octanol–water partition coefficient (Wildman–Crippen LogP) is 2.11. The van der Waals surface area contributed by atoms with Crippen molar-refractivity contribution in [3.05, 3.63) is 70.3 Å². The lowest BCUT2D eigenvalue weighted by Gasteiger charge is -2.18. The van der Waals surface area contributed by atoms with Gasteiger partial charge in [0.2, 0.25) is 11.8 Å². The molecule has 0 radical (unpaired) electrons. The number of likely N-dealkylation sites (N-methyl/N-ethyl adjacent to an activating group) is 1. The second kappa shape index (κ2) is 8.04. The van der Waals surface area contributed by atoms with Crippen molar-refractivity contribution in [1.29, 1.82) is 0 Å². The number of aromatic nitrogens is 2. The third-order valence-corrected chi connectivity index (χ3v) is 4.59. The van der Waals surface area contributed by atoms with Crippen LogP contribution in [-0.2, 0) is 16.1 Å². The Balaban J connectivity index is 1.67. The Hall–Kier alpha value is -3.48. The minimum absolute atomic E-state index is 0.109. The van der Waals surface area contributed by atoms with Gasteiger partial charge < -0.3 is 10.2 Å². The van der Waals surface area contributed by atoms with Crippen molar-refractivity contribution in [3.63, 3.8) is 0 Å². The molecule has 3 rings (SSSR count). The van der Waals surface area contributed by atoms with Gasteiger partial charge in [0, 0.05) is 12.7 Å². The average Bonchev–Trinajstić information content (AvgIpc) is 2.67. The summed E-state index contributed by atoms with van der Waals surface area (Å²) >= 11 is 0.